The average Bonchev–Trinajstić information content (AvgIpc) is 2.85. The summed E-state index contributed by atoms with van der Waals surface area (Å²) >= 11 is 1.17. The summed E-state index contributed by atoms with van der Waals surface area (Å²) in [5.41, 5.74) is 0.793. The SMILES string of the molecule is O=C(O)c1nc(CNCCC2CCCCO2)cs1. The van der Waals surface area contributed by atoms with Crippen LogP contribution in [-0.2, 0) is 11.3 Å². The lowest BCUT2D eigenvalue weighted by atomic mass is 10.1. The van der Waals surface area contributed by atoms with Crippen LogP contribution in [0.1, 0.15) is 41.2 Å². The molecule has 0 radical (unpaired) electrons. The number of carboxylic acids is 1. The van der Waals surface area contributed by atoms with Crippen LogP contribution in [0.2, 0.25) is 0 Å². The molecule has 0 amide bonds. The van der Waals surface area contributed by atoms with Crippen LogP contribution in [0.15, 0.2) is 5.38 Å². The maximum atomic E-state index is 10.7. The van der Waals surface area contributed by atoms with Crippen molar-refractivity contribution < 1.29 is 14.6 Å². The van der Waals surface area contributed by atoms with E-state index in [2.05, 4.69) is 10.3 Å². The Morgan fingerprint density at radius 3 is 3.17 bits per heavy atom. The van der Waals surface area contributed by atoms with Crippen molar-refractivity contribution in [3.63, 3.8) is 0 Å². The van der Waals surface area contributed by atoms with Gasteiger partial charge in [-0.15, -0.1) is 11.3 Å². The van der Waals surface area contributed by atoms with Crippen LogP contribution in [0.5, 0.6) is 0 Å². The number of aromatic nitrogens is 1. The Labute approximate surface area is 110 Å². The van der Waals surface area contributed by atoms with Crippen LogP contribution in [-0.4, -0.2) is 35.3 Å². The molecular formula is C12H18N2O3S. The number of nitrogens with one attached hydrogen (secondary N) is 1. The molecule has 1 aromatic rings. The fraction of sp³-hybridized carbons (Fsp3) is 0.667. The molecule has 0 aromatic carbocycles. The third kappa shape index (κ3) is 4.04. The highest BCUT2D eigenvalue weighted by Crippen LogP contribution is 2.15. The van der Waals surface area contributed by atoms with E-state index >= 15 is 0 Å². The van der Waals surface area contributed by atoms with Crippen LogP contribution >= 0.6 is 11.3 Å². The predicted molar refractivity (Wildman–Crippen MR) is 69.0 cm³/mol. The van der Waals surface area contributed by atoms with Gasteiger partial charge in [0.2, 0.25) is 5.01 Å². The van der Waals surface area contributed by atoms with Gasteiger partial charge in [0.15, 0.2) is 0 Å². The number of nitrogens with zero attached hydrogens (tertiary/aromatic N) is 1. The summed E-state index contributed by atoms with van der Waals surface area (Å²) in [6, 6.07) is 0. The molecule has 100 valence electrons. The van der Waals surface area contributed by atoms with E-state index < -0.39 is 5.97 Å². The molecule has 1 atom stereocenters. The Kier molecular flexibility index (Phi) is 5.10. The molecule has 2 N–H and O–H groups in total. The summed E-state index contributed by atoms with van der Waals surface area (Å²) in [5, 5.41) is 14.0. The normalized spacial score (nSPS) is 19.9. The van der Waals surface area contributed by atoms with Gasteiger partial charge >= 0.3 is 5.97 Å². The minimum Gasteiger partial charge on any atom is -0.476 e. The Hall–Kier alpha value is -0.980. The van der Waals surface area contributed by atoms with E-state index in [-0.39, 0.29) is 5.01 Å². The summed E-state index contributed by atoms with van der Waals surface area (Å²) in [6.45, 7) is 2.39. The first kappa shape index (κ1) is 13.5. The molecule has 1 aliphatic rings. The van der Waals surface area contributed by atoms with Gasteiger partial charge in [0.25, 0.3) is 0 Å². The van der Waals surface area contributed by atoms with Crippen LogP contribution in [0.4, 0.5) is 0 Å². The van der Waals surface area contributed by atoms with Crippen LogP contribution in [0, 0.1) is 0 Å². The van der Waals surface area contributed by atoms with Crippen molar-refractivity contribution in [2.75, 3.05) is 13.2 Å². The van der Waals surface area contributed by atoms with Crippen LogP contribution < -0.4 is 5.32 Å². The maximum absolute atomic E-state index is 10.7. The molecule has 1 aliphatic heterocycles. The molecule has 2 rings (SSSR count). The number of rotatable bonds is 6. The highest BCUT2D eigenvalue weighted by atomic mass is 32.1. The summed E-state index contributed by atoms with van der Waals surface area (Å²) in [4.78, 5) is 14.7. The number of thiazole rings is 1. The zero-order chi connectivity index (χ0) is 12.8. The molecule has 0 spiro atoms. The third-order valence-electron chi connectivity index (χ3n) is 2.96. The zero-order valence-corrected chi connectivity index (χ0v) is 11.0. The molecule has 6 heteroatoms. The second-order valence-electron chi connectivity index (χ2n) is 4.40. The first-order chi connectivity index (χ1) is 8.75. The summed E-state index contributed by atoms with van der Waals surface area (Å²) in [7, 11) is 0. The van der Waals surface area contributed by atoms with Gasteiger partial charge in [-0.3, -0.25) is 0 Å². The van der Waals surface area contributed by atoms with Crippen molar-refractivity contribution in [1.82, 2.24) is 10.3 Å². The highest BCUT2D eigenvalue weighted by molar-refractivity contribution is 7.11. The molecule has 5 nitrogen and oxygen atoms in total. The van der Waals surface area contributed by atoms with E-state index in [0.29, 0.717) is 12.6 Å². The molecule has 2 heterocycles. The fourth-order valence-corrected chi connectivity index (χ4v) is 2.66. The molecule has 1 saturated heterocycles. The number of ether oxygens (including phenoxy) is 1. The van der Waals surface area contributed by atoms with Crippen LogP contribution in [0.3, 0.4) is 0 Å². The number of carboxylic acid groups (broad SMARTS) is 1. The van der Waals surface area contributed by atoms with Gasteiger partial charge in [-0.1, -0.05) is 0 Å². The topological polar surface area (TPSA) is 71.5 Å². The molecule has 18 heavy (non-hydrogen) atoms. The minimum atomic E-state index is -0.957. The van der Waals surface area contributed by atoms with Gasteiger partial charge in [-0.2, -0.15) is 0 Å². The van der Waals surface area contributed by atoms with E-state index in [1.165, 1.54) is 24.2 Å². The lowest BCUT2D eigenvalue weighted by molar-refractivity contribution is 0.0115. The van der Waals surface area contributed by atoms with Crippen molar-refractivity contribution in [3.8, 4) is 0 Å². The number of carbonyl (C=O) groups is 1. The fourth-order valence-electron chi connectivity index (χ4n) is 2.00. The van der Waals surface area contributed by atoms with E-state index in [0.717, 1.165) is 31.7 Å². The van der Waals surface area contributed by atoms with Gasteiger partial charge in [0, 0.05) is 18.5 Å². The first-order valence-corrected chi connectivity index (χ1v) is 7.13. The Bertz CT molecular complexity index is 388. The third-order valence-corrected chi connectivity index (χ3v) is 3.84. The predicted octanol–water partition coefficient (Wildman–Crippen LogP) is 1.89. The van der Waals surface area contributed by atoms with E-state index in [9.17, 15) is 4.79 Å². The molecule has 1 unspecified atom stereocenters. The van der Waals surface area contributed by atoms with E-state index in [1.807, 2.05) is 0 Å². The average molecular weight is 270 g/mol. The van der Waals surface area contributed by atoms with Crippen molar-refractivity contribution in [1.29, 1.82) is 0 Å². The highest BCUT2D eigenvalue weighted by Gasteiger charge is 2.13. The second kappa shape index (κ2) is 6.82. The number of hydrogen-bond acceptors (Lipinski definition) is 5. The minimum absolute atomic E-state index is 0.155. The van der Waals surface area contributed by atoms with Gasteiger partial charge in [0.05, 0.1) is 11.8 Å². The summed E-state index contributed by atoms with van der Waals surface area (Å²) < 4.78 is 5.63. The molecule has 0 aliphatic carbocycles. The number of aromatic carboxylic acids is 1. The quantitative estimate of drug-likeness (QED) is 0.772. The smallest absolute Gasteiger partial charge is 0.365 e. The van der Waals surface area contributed by atoms with Gasteiger partial charge in [-0.25, -0.2) is 9.78 Å². The summed E-state index contributed by atoms with van der Waals surface area (Å²) in [5.74, 6) is -0.957. The van der Waals surface area contributed by atoms with Crippen molar-refractivity contribution in [2.45, 2.75) is 38.3 Å². The Morgan fingerprint density at radius 1 is 1.61 bits per heavy atom. The lowest BCUT2D eigenvalue weighted by Gasteiger charge is -2.22. The largest absolute Gasteiger partial charge is 0.476 e. The van der Waals surface area contributed by atoms with E-state index in [4.69, 9.17) is 9.84 Å². The van der Waals surface area contributed by atoms with E-state index in [1.54, 1.807) is 5.38 Å². The van der Waals surface area contributed by atoms with Crippen molar-refractivity contribution in [3.05, 3.63) is 16.1 Å². The maximum Gasteiger partial charge on any atom is 0.365 e. The molecule has 0 saturated carbocycles. The number of hydrogen-bond donors (Lipinski definition) is 2. The van der Waals surface area contributed by atoms with Crippen molar-refractivity contribution >= 4 is 17.3 Å². The van der Waals surface area contributed by atoms with Crippen LogP contribution in [0.25, 0.3) is 0 Å². The summed E-state index contributed by atoms with van der Waals surface area (Å²) in [6.07, 6.45) is 4.99. The Balaban J connectivity index is 1.63. The zero-order valence-electron chi connectivity index (χ0n) is 10.2. The molecular weight excluding hydrogens is 252 g/mol. The van der Waals surface area contributed by atoms with Gasteiger partial charge in [0.1, 0.15) is 0 Å². The monoisotopic (exact) mass is 270 g/mol. The first-order valence-electron chi connectivity index (χ1n) is 6.25. The molecule has 1 fully saturated rings. The second-order valence-corrected chi connectivity index (χ2v) is 5.26. The lowest BCUT2D eigenvalue weighted by Crippen LogP contribution is -2.25. The Morgan fingerprint density at radius 2 is 2.50 bits per heavy atom. The standard InChI is InChI=1S/C12H18N2O3S/c15-12(16)11-14-9(8-18-11)7-13-5-4-10-3-1-2-6-17-10/h8,10,13H,1-7H2,(H,15,16). The molecule has 0 bridgehead atoms. The molecule has 1 aromatic heterocycles. The van der Waals surface area contributed by atoms with Gasteiger partial charge in [-0.05, 0) is 32.2 Å². The van der Waals surface area contributed by atoms with Gasteiger partial charge < -0.3 is 15.2 Å². The van der Waals surface area contributed by atoms with Crippen molar-refractivity contribution in [2.24, 2.45) is 0 Å².